The van der Waals surface area contributed by atoms with E-state index in [4.69, 9.17) is 9.84 Å². The molecule has 0 radical (unpaired) electrons. The van der Waals surface area contributed by atoms with Gasteiger partial charge in [0.25, 0.3) is 0 Å². The van der Waals surface area contributed by atoms with Crippen molar-refractivity contribution in [2.45, 2.75) is 69.6 Å². The molecule has 0 unspecified atom stereocenters. The Balaban J connectivity index is 1.63. The van der Waals surface area contributed by atoms with Gasteiger partial charge in [-0.05, 0) is 47.6 Å². The molecule has 5 nitrogen and oxygen atoms in total. The Kier molecular flexibility index (Phi) is 8.51. The van der Waals surface area contributed by atoms with E-state index in [1.807, 2.05) is 22.6 Å². The second-order valence-electron chi connectivity index (χ2n) is 6.84. The van der Waals surface area contributed by atoms with Crippen molar-refractivity contribution in [3.63, 3.8) is 0 Å². The molecule has 0 aliphatic carbocycles. The van der Waals surface area contributed by atoms with Gasteiger partial charge in [-0.2, -0.15) is 13.2 Å². The van der Waals surface area contributed by atoms with Crippen LogP contribution in [0.1, 0.15) is 63.4 Å². The lowest BCUT2D eigenvalue weighted by Gasteiger charge is -2.16. The molecule has 1 aromatic carbocycles. The van der Waals surface area contributed by atoms with Crippen LogP contribution < -0.4 is 4.74 Å². The van der Waals surface area contributed by atoms with E-state index in [-0.39, 0.29) is 12.0 Å². The standard InChI is InChI=1S/C19H24F3IN2O3/c20-19(21,22)18(24-25-18)14-10-11-15(23)16(13-14)28-12-8-6-4-2-1-3-5-7-9-17(26)27/h10-11,13H,1-9,12H2,(H,26,27). The molecular weight excluding hydrogens is 488 g/mol. The number of halogens is 4. The summed E-state index contributed by atoms with van der Waals surface area (Å²) < 4.78 is 45.8. The number of aliphatic carboxylic acids is 1. The van der Waals surface area contributed by atoms with Gasteiger partial charge in [0.2, 0.25) is 0 Å². The van der Waals surface area contributed by atoms with E-state index in [2.05, 4.69) is 10.2 Å². The number of unbranched alkanes of at least 4 members (excludes halogenated alkanes) is 7. The summed E-state index contributed by atoms with van der Waals surface area (Å²) in [5, 5.41) is 15.0. The first-order valence-corrected chi connectivity index (χ1v) is 10.5. The number of hydrogen-bond donors (Lipinski definition) is 1. The molecule has 0 fully saturated rings. The van der Waals surface area contributed by atoms with Crippen molar-refractivity contribution in [3.8, 4) is 5.75 Å². The molecular formula is C19H24F3IN2O3. The summed E-state index contributed by atoms with van der Waals surface area (Å²) in [5.41, 5.74) is -2.43. The number of hydrogen-bond acceptors (Lipinski definition) is 4. The summed E-state index contributed by atoms with van der Waals surface area (Å²) in [6.45, 7) is 0.450. The first-order chi connectivity index (χ1) is 13.3. The van der Waals surface area contributed by atoms with E-state index in [1.165, 1.54) is 12.1 Å². The molecule has 1 heterocycles. The molecule has 9 heteroatoms. The Bertz CT molecular complexity index is 689. The molecule has 1 aliphatic heterocycles. The number of carboxylic acid groups (broad SMARTS) is 1. The minimum atomic E-state index is -4.54. The van der Waals surface area contributed by atoms with Crippen molar-refractivity contribution in [3.05, 3.63) is 27.3 Å². The van der Waals surface area contributed by atoms with Gasteiger partial charge in [0.1, 0.15) is 5.75 Å². The summed E-state index contributed by atoms with van der Waals surface area (Å²) in [4.78, 5) is 10.4. The van der Waals surface area contributed by atoms with Crippen LogP contribution in [0.5, 0.6) is 5.75 Å². The second-order valence-corrected chi connectivity index (χ2v) is 8.00. The first kappa shape index (κ1) is 22.9. The highest BCUT2D eigenvalue weighted by Gasteiger charge is 2.65. The van der Waals surface area contributed by atoms with Crippen LogP contribution in [0, 0.1) is 3.57 Å². The summed E-state index contributed by atoms with van der Waals surface area (Å²) >= 11 is 2.04. The summed E-state index contributed by atoms with van der Waals surface area (Å²) in [5.74, 6) is -0.313. The second kappa shape index (κ2) is 10.4. The Morgan fingerprint density at radius 2 is 1.61 bits per heavy atom. The molecule has 1 aliphatic rings. The van der Waals surface area contributed by atoms with Crippen LogP contribution in [-0.4, -0.2) is 23.9 Å². The van der Waals surface area contributed by atoms with E-state index >= 15 is 0 Å². The Hall–Kier alpha value is -1.39. The van der Waals surface area contributed by atoms with Crippen molar-refractivity contribution in [1.29, 1.82) is 0 Å². The van der Waals surface area contributed by atoms with Crippen molar-refractivity contribution >= 4 is 28.6 Å². The molecule has 1 aromatic rings. The van der Waals surface area contributed by atoms with Gasteiger partial charge in [-0.3, -0.25) is 4.79 Å². The van der Waals surface area contributed by atoms with Crippen LogP contribution in [0.4, 0.5) is 13.2 Å². The van der Waals surface area contributed by atoms with Gasteiger partial charge in [-0.1, -0.05) is 44.6 Å². The summed E-state index contributed by atoms with van der Waals surface area (Å²) in [7, 11) is 0. The lowest BCUT2D eigenvalue weighted by Crippen LogP contribution is -2.30. The fourth-order valence-electron chi connectivity index (χ4n) is 2.89. The average Bonchev–Trinajstić information content (AvgIpc) is 3.42. The fraction of sp³-hybridized carbons (Fsp3) is 0.632. The van der Waals surface area contributed by atoms with E-state index in [1.54, 1.807) is 6.07 Å². The fourth-order valence-corrected chi connectivity index (χ4v) is 3.39. The van der Waals surface area contributed by atoms with Crippen LogP contribution in [-0.2, 0) is 10.5 Å². The van der Waals surface area contributed by atoms with E-state index in [0.29, 0.717) is 12.4 Å². The zero-order valence-electron chi connectivity index (χ0n) is 15.5. The zero-order chi connectivity index (χ0) is 20.6. The summed E-state index contributed by atoms with van der Waals surface area (Å²) in [6, 6.07) is 4.36. The van der Waals surface area contributed by atoms with Crippen LogP contribution in [0.2, 0.25) is 0 Å². The third-order valence-corrected chi connectivity index (χ3v) is 5.46. The molecule has 1 N–H and O–H groups in total. The third-order valence-electron chi connectivity index (χ3n) is 4.57. The lowest BCUT2D eigenvalue weighted by atomic mass is 10.0. The lowest BCUT2D eigenvalue weighted by molar-refractivity contribution is -0.166. The maximum atomic E-state index is 13.1. The smallest absolute Gasteiger partial charge is 0.442 e. The normalized spacial score (nSPS) is 14.9. The monoisotopic (exact) mass is 512 g/mol. The highest BCUT2D eigenvalue weighted by Crippen LogP contribution is 2.53. The van der Waals surface area contributed by atoms with Crippen molar-refractivity contribution in [1.82, 2.24) is 0 Å². The van der Waals surface area contributed by atoms with Crippen LogP contribution >= 0.6 is 22.6 Å². The molecule has 0 atom stereocenters. The number of carboxylic acids is 1. The van der Waals surface area contributed by atoms with E-state index < -0.39 is 17.8 Å². The Morgan fingerprint density at radius 3 is 2.14 bits per heavy atom. The van der Waals surface area contributed by atoms with Gasteiger partial charge in [0.05, 0.1) is 10.2 Å². The molecule has 0 bridgehead atoms. The Labute approximate surface area is 175 Å². The quantitative estimate of drug-likeness (QED) is 0.244. The zero-order valence-corrected chi connectivity index (χ0v) is 17.6. The van der Waals surface area contributed by atoms with Gasteiger partial charge in [0.15, 0.2) is 0 Å². The van der Waals surface area contributed by atoms with Gasteiger partial charge < -0.3 is 9.84 Å². The number of alkyl halides is 3. The minimum absolute atomic E-state index is 0.0154. The van der Waals surface area contributed by atoms with E-state index in [9.17, 15) is 18.0 Å². The van der Waals surface area contributed by atoms with Crippen molar-refractivity contribution < 1.29 is 27.8 Å². The number of nitrogens with zero attached hydrogens (tertiary/aromatic N) is 2. The van der Waals surface area contributed by atoms with Crippen molar-refractivity contribution in [2.75, 3.05) is 6.61 Å². The number of ether oxygens (including phenoxy) is 1. The predicted molar refractivity (Wildman–Crippen MR) is 106 cm³/mol. The highest BCUT2D eigenvalue weighted by molar-refractivity contribution is 14.1. The minimum Gasteiger partial charge on any atom is -0.492 e. The maximum Gasteiger partial charge on any atom is 0.442 e. The van der Waals surface area contributed by atoms with Gasteiger partial charge >= 0.3 is 17.8 Å². The molecule has 0 saturated carbocycles. The predicted octanol–water partition coefficient (Wildman–Crippen LogP) is 6.45. The molecule has 156 valence electrons. The average molecular weight is 512 g/mol. The molecule has 0 spiro atoms. The SMILES string of the molecule is O=C(O)CCCCCCCCCCOc1cc(C2(C(F)(F)F)N=N2)ccc1I. The largest absolute Gasteiger partial charge is 0.492 e. The van der Waals surface area contributed by atoms with Crippen LogP contribution in [0.25, 0.3) is 0 Å². The topological polar surface area (TPSA) is 71.2 Å². The molecule has 0 amide bonds. The number of carbonyl (C=O) groups is 1. The van der Waals surface area contributed by atoms with Crippen LogP contribution in [0.3, 0.4) is 0 Å². The number of rotatable bonds is 13. The molecule has 2 rings (SSSR count). The van der Waals surface area contributed by atoms with Gasteiger partial charge in [-0.25, -0.2) is 0 Å². The molecule has 0 aromatic heterocycles. The summed E-state index contributed by atoms with van der Waals surface area (Å²) in [6.07, 6.45) is 3.50. The number of benzene rings is 1. The first-order valence-electron chi connectivity index (χ1n) is 9.42. The van der Waals surface area contributed by atoms with Crippen molar-refractivity contribution in [2.24, 2.45) is 10.2 Å². The molecule has 28 heavy (non-hydrogen) atoms. The van der Waals surface area contributed by atoms with Crippen LogP contribution in [0.15, 0.2) is 28.4 Å². The maximum absolute atomic E-state index is 13.1. The third kappa shape index (κ3) is 6.59. The molecule has 0 saturated heterocycles. The van der Waals surface area contributed by atoms with E-state index in [0.717, 1.165) is 54.9 Å². The van der Waals surface area contributed by atoms with Gasteiger partial charge in [0, 0.05) is 12.0 Å². The highest BCUT2D eigenvalue weighted by atomic mass is 127. The Morgan fingerprint density at radius 1 is 1.04 bits per heavy atom. The van der Waals surface area contributed by atoms with Gasteiger partial charge in [-0.15, -0.1) is 10.2 Å².